The monoisotopic (exact) mass is 422 g/mol. The number of ether oxygens (including phenoxy) is 1. The Balaban J connectivity index is 1.79. The molecule has 0 radical (unpaired) electrons. The van der Waals surface area contributed by atoms with Gasteiger partial charge in [0.25, 0.3) is 5.56 Å². The molecule has 30 heavy (non-hydrogen) atoms. The largest absolute Gasteiger partial charge is 0.465 e. The van der Waals surface area contributed by atoms with Gasteiger partial charge in [0.1, 0.15) is 17.5 Å². The van der Waals surface area contributed by atoms with Gasteiger partial charge in [0.15, 0.2) is 4.80 Å². The molecule has 154 valence electrons. The number of nitrogens with zero attached hydrogens (tertiary/aromatic N) is 4. The van der Waals surface area contributed by atoms with Crippen LogP contribution in [0.15, 0.2) is 40.2 Å². The van der Waals surface area contributed by atoms with Gasteiger partial charge in [-0.05, 0) is 39.8 Å². The number of thiazole rings is 1. The first-order valence-electron chi connectivity index (χ1n) is 9.98. The van der Waals surface area contributed by atoms with Crippen molar-refractivity contribution in [3.8, 4) is 5.75 Å². The minimum atomic E-state index is -1.04. The lowest BCUT2D eigenvalue weighted by Crippen LogP contribution is -2.58. The van der Waals surface area contributed by atoms with Gasteiger partial charge in [-0.25, -0.2) is 4.99 Å². The second-order valence-corrected chi connectivity index (χ2v) is 8.94. The molecule has 0 spiro atoms. The van der Waals surface area contributed by atoms with Crippen LogP contribution in [0.4, 0.5) is 0 Å². The predicted molar refractivity (Wildman–Crippen MR) is 113 cm³/mol. The quantitative estimate of drug-likeness (QED) is 0.645. The van der Waals surface area contributed by atoms with Crippen molar-refractivity contribution < 1.29 is 9.53 Å². The van der Waals surface area contributed by atoms with Crippen LogP contribution in [0.5, 0.6) is 5.75 Å². The number of hydrogen-bond donors (Lipinski definition) is 0. The summed E-state index contributed by atoms with van der Waals surface area (Å²) in [6, 6.07) is 7.14. The summed E-state index contributed by atoms with van der Waals surface area (Å²) in [5.74, 6) is 0.0559. The van der Waals surface area contributed by atoms with Gasteiger partial charge in [-0.15, -0.1) is 0 Å². The first-order chi connectivity index (χ1) is 14.3. The maximum atomic E-state index is 13.5. The zero-order valence-electron chi connectivity index (χ0n) is 17.2. The van der Waals surface area contributed by atoms with Crippen molar-refractivity contribution in [3.05, 3.63) is 67.0 Å². The molecule has 0 aliphatic carbocycles. The van der Waals surface area contributed by atoms with Crippen LogP contribution in [0.25, 0.3) is 6.08 Å². The van der Waals surface area contributed by atoms with E-state index < -0.39 is 17.7 Å². The van der Waals surface area contributed by atoms with Crippen LogP contribution < -0.4 is 19.6 Å². The van der Waals surface area contributed by atoms with Crippen molar-refractivity contribution in [3.63, 3.8) is 0 Å². The minimum absolute atomic E-state index is 0.0462. The molecule has 5 rings (SSSR count). The number of para-hydroxylation sites is 1. The van der Waals surface area contributed by atoms with Gasteiger partial charge in [-0.3, -0.25) is 18.8 Å². The second-order valence-electron chi connectivity index (χ2n) is 7.93. The average Bonchev–Trinajstić information content (AvgIpc) is 3.19. The molecule has 0 amide bonds. The van der Waals surface area contributed by atoms with Gasteiger partial charge >= 0.3 is 0 Å². The van der Waals surface area contributed by atoms with E-state index in [4.69, 9.17) is 9.73 Å². The number of benzene rings is 1. The molecule has 0 saturated heterocycles. The summed E-state index contributed by atoms with van der Waals surface area (Å²) in [7, 11) is 0. The summed E-state index contributed by atoms with van der Waals surface area (Å²) in [6.45, 7) is 8.08. The molecule has 4 heterocycles. The van der Waals surface area contributed by atoms with E-state index in [-0.39, 0.29) is 11.3 Å². The Bertz CT molecular complexity index is 1370. The third-order valence-corrected chi connectivity index (χ3v) is 6.90. The predicted octanol–water partition coefficient (Wildman–Crippen LogP) is 1.80. The van der Waals surface area contributed by atoms with E-state index in [9.17, 15) is 9.59 Å². The molecule has 3 atom stereocenters. The van der Waals surface area contributed by atoms with Crippen LogP contribution in [0, 0.1) is 12.8 Å². The highest BCUT2D eigenvalue weighted by atomic mass is 32.1. The Labute approximate surface area is 177 Å². The smallest absolute Gasteiger partial charge is 0.270 e. The zero-order valence-corrected chi connectivity index (χ0v) is 18.1. The van der Waals surface area contributed by atoms with Gasteiger partial charge in [0.2, 0.25) is 5.72 Å². The van der Waals surface area contributed by atoms with E-state index in [1.54, 1.807) is 11.5 Å². The number of Topliss-reactive ketones (excluding diaryl/α,β-unsaturated/α-hetero) is 1. The summed E-state index contributed by atoms with van der Waals surface area (Å²) in [6.07, 6.45) is 3.80. The number of carbonyl (C=O) groups is 1. The lowest BCUT2D eigenvalue weighted by molar-refractivity contribution is -0.132. The summed E-state index contributed by atoms with van der Waals surface area (Å²) >= 11 is 1.33. The van der Waals surface area contributed by atoms with Crippen LogP contribution in [0.2, 0.25) is 0 Å². The van der Waals surface area contributed by atoms with Crippen molar-refractivity contribution in [1.29, 1.82) is 0 Å². The highest BCUT2D eigenvalue weighted by molar-refractivity contribution is 7.07. The lowest BCUT2D eigenvalue weighted by atomic mass is 9.79. The molecule has 7 nitrogen and oxygen atoms in total. The Morgan fingerprint density at radius 2 is 2.13 bits per heavy atom. The molecule has 2 aliphatic heterocycles. The van der Waals surface area contributed by atoms with Gasteiger partial charge in [-0.1, -0.05) is 29.5 Å². The molecule has 1 aromatic carbocycles. The molecule has 2 aliphatic rings. The number of carbonyl (C=O) groups excluding carboxylic acids is 1. The SMILES string of the molecule is CCn1cc(C=c2sc3n(c2=O)C2c4ccccc4OC(C)(N=3)C2C(C)=O)c(C)n1. The molecule has 2 bridgehead atoms. The molecule has 3 unspecified atom stereocenters. The molecule has 3 aromatic rings. The topological polar surface area (TPSA) is 78.5 Å². The van der Waals surface area contributed by atoms with E-state index in [0.717, 1.165) is 23.4 Å². The summed E-state index contributed by atoms with van der Waals surface area (Å²) < 4.78 is 10.3. The van der Waals surface area contributed by atoms with Crippen molar-refractivity contribution in [1.82, 2.24) is 14.3 Å². The summed E-state index contributed by atoms with van der Waals surface area (Å²) in [5, 5.41) is 4.46. The Morgan fingerprint density at radius 3 is 2.83 bits per heavy atom. The number of hydrogen-bond acceptors (Lipinski definition) is 6. The van der Waals surface area contributed by atoms with Crippen molar-refractivity contribution in [2.24, 2.45) is 10.9 Å². The number of fused-ring (bicyclic) bond motifs is 6. The van der Waals surface area contributed by atoms with Crippen LogP contribution >= 0.6 is 11.3 Å². The molecule has 2 aromatic heterocycles. The van der Waals surface area contributed by atoms with Crippen LogP contribution in [-0.4, -0.2) is 25.9 Å². The highest BCUT2D eigenvalue weighted by Crippen LogP contribution is 2.47. The van der Waals surface area contributed by atoms with E-state index in [0.29, 0.717) is 15.1 Å². The fraction of sp³-hybridized carbons (Fsp3) is 0.364. The Kier molecular flexibility index (Phi) is 4.12. The number of ketones is 1. The average molecular weight is 423 g/mol. The number of rotatable bonds is 3. The summed E-state index contributed by atoms with van der Waals surface area (Å²) in [4.78, 5) is 31.5. The Hall–Kier alpha value is -3.00. The normalized spacial score (nSPS) is 24.6. The van der Waals surface area contributed by atoms with Crippen LogP contribution in [0.1, 0.15) is 43.6 Å². The second kappa shape index (κ2) is 6.50. The fourth-order valence-electron chi connectivity index (χ4n) is 4.53. The Morgan fingerprint density at radius 1 is 1.37 bits per heavy atom. The maximum absolute atomic E-state index is 13.5. The number of aromatic nitrogens is 3. The minimum Gasteiger partial charge on any atom is -0.465 e. The molecule has 0 saturated carbocycles. The fourth-order valence-corrected chi connectivity index (χ4v) is 5.62. The first-order valence-corrected chi connectivity index (χ1v) is 10.8. The van der Waals surface area contributed by atoms with Gasteiger partial charge in [0, 0.05) is 23.9 Å². The van der Waals surface area contributed by atoms with E-state index in [2.05, 4.69) is 5.10 Å². The third-order valence-electron chi connectivity index (χ3n) is 5.91. The molecule has 8 heteroatoms. The van der Waals surface area contributed by atoms with Crippen LogP contribution in [0.3, 0.4) is 0 Å². The molecule has 0 N–H and O–H groups in total. The van der Waals surface area contributed by atoms with E-state index >= 15 is 0 Å². The first kappa shape index (κ1) is 19.0. The maximum Gasteiger partial charge on any atom is 0.270 e. The van der Waals surface area contributed by atoms with Gasteiger partial charge in [-0.2, -0.15) is 5.10 Å². The van der Waals surface area contributed by atoms with Crippen molar-refractivity contribution in [2.45, 2.75) is 46.0 Å². The highest BCUT2D eigenvalue weighted by Gasteiger charge is 2.53. The van der Waals surface area contributed by atoms with Gasteiger partial charge in [0.05, 0.1) is 16.3 Å². The summed E-state index contributed by atoms with van der Waals surface area (Å²) in [5.41, 5.74) is 1.43. The van der Waals surface area contributed by atoms with Crippen molar-refractivity contribution >= 4 is 23.2 Å². The third kappa shape index (κ3) is 2.63. The van der Waals surface area contributed by atoms with Crippen molar-refractivity contribution in [2.75, 3.05) is 0 Å². The van der Waals surface area contributed by atoms with E-state index in [1.807, 2.05) is 62.0 Å². The zero-order chi connectivity index (χ0) is 21.2. The standard InChI is InChI=1S/C22H22N4O3S/c1-5-25-11-14(12(2)24-25)10-17-20(28)26-19-15-8-6-7-9-16(15)29-22(4,18(19)13(3)27)23-21(26)30-17/h6-11,18-19H,5H2,1-4H3. The van der Waals surface area contributed by atoms with E-state index in [1.165, 1.54) is 11.3 Å². The van der Waals surface area contributed by atoms with Crippen LogP contribution in [-0.2, 0) is 11.3 Å². The van der Waals surface area contributed by atoms with Gasteiger partial charge < -0.3 is 4.74 Å². The molecular weight excluding hydrogens is 400 g/mol. The molecule has 0 fully saturated rings. The molecular formula is C22H22N4O3S. The number of aryl methyl sites for hydroxylation is 2. The lowest BCUT2D eigenvalue weighted by Gasteiger charge is -2.45.